The molecule has 0 fully saturated rings. The number of aliphatic hydroxyl groups is 4. The first-order valence-corrected chi connectivity index (χ1v) is 2.83. The molecule has 6 heteroatoms. The van der Waals surface area contributed by atoms with Gasteiger partial charge in [-0.15, -0.1) is 0 Å². The van der Waals surface area contributed by atoms with Crippen LogP contribution in [0.5, 0.6) is 0 Å². The average molecular weight is 168 g/mol. The number of halogens is 1. The van der Waals surface area contributed by atoms with Gasteiger partial charge in [0.15, 0.2) is 11.9 Å². The van der Waals surface area contributed by atoms with E-state index >= 15 is 0 Å². The van der Waals surface area contributed by atoms with E-state index in [-0.39, 0.29) is 0 Å². The Morgan fingerprint density at radius 1 is 1.36 bits per heavy atom. The fourth-order valence-electron chi connectivity index (χ4n) is 0.423. The van der Waals surface area contributed by atoms with Gasteiger partial charge in [-0.1, -0.05) is 0 Å². The van der Waals surface area contributed by atoms with Gasteiger partial charge in [0, 0.05) is 0 Å². The summed E-state index contributed by atoms with van der Waals surface area (Å²) in [5.41, 5.74) is 0. The van der Waals surface area contributed by atoms with Crippen molar-refractivity contribution in [3.05, 3.63) is 0 Å². The number of ketones is 1. The second-order valence-corrected chi connectivity index (χ2v) is 1.92. The molecule has 0 aliphatic rings. The molecular formula is C5H9FO5. The summed E-state index contributed by atoms with van der Waals surface area (Å²) in [6.45, 7) is -0.914. The number of carbonyl (C=O) groups excluding carboxylic acids is 1. The summed E-state index contributed by atoms with van der Waals surface area (Å²) in [6.07, 6.45) is -6.88. The predicted molar refractivity (Wildman–Crippen MR) is 31.2 cm³/mol. The summed E-state index contributed by atoms with van der Waals surface area (Å²) in [7, 11) is 0. The van der Waals surface area contributed by atoms with Crippen LogP contribution in [-0.4, -0.2) is 51.4 Å². The third kappa shape index (κ3) is 2.89. The van der Waals surface area contributed by atoms with Crippen molar-refractivity contribution in [2.45, 2.75) is 18.6 Å². The van der Waals surface area contributed by atoms with Crippen molar-refractivity contribution in [2.24, 2.45) is 0 Å². The molecule has 0 radical (unpaired) electrons. The van der Waals surface area contributed by atoms with E-state index in [1.54, 1.807) is 0 Å². The van der Waals surface area contributed by atoms with Gasteiger partial charge in [-0.3, -0.25) is 4.79 Å². The highest BCUT2D eigenvalue weighted by Gasteiger charge is 2.28. The molecule has 66 valence electrons. The molecule has 0 aromatic rings. The second-order valence-electron chi connectivity index (χ2n) is 1.92. The molecule has 0 spiro atoms. The van der Waals surface area contributed by atoms with Gasteiger partial charge < -0.3 is 20.4 Å². The van der Waals surface area contributed by atoms with E-state index in [2.05, 4.69) is 0 Å². The molecule has 0 aliphatic carbocycles. The molecule has 4 N–H and O–H groups in total. The zero-order valence-electron chi connectivity index (χ0n) is 5.51. The minimum Gasteiger partial charge on any atom is -0.393 e. The zero-order chi connectivity index (χ0) is 9.02. The quantitative estimate of drug-likeness (QED) is 0.374. The highest BCUT2D eigenvalue weighted by atomic mass is 19.1. The average Bonchev–Trinajstić information content (AvgIpc) is 2.00. The van der Waals surface area contributed by atoms with E-state index < -0.39 is 31.0 Å². The second kappa shape index (κ2) is 4.35. The van der Waals surface area contributed by atoms with E-state index in [1.807, 2.05) is 0 Å². The third-order valence-corrected chi connectivity index (χ3v) is 1.05. The van der Waals surface area contributed by atoms with Gasteiger partial charge in [-0.05, 0) is 0 Å². The molecule has 0 heterocycles. The minimum absolute atomic E-state index is 0.914. The van der Waals surface area contributed by atoms with E-state index in [9.17, 15) is 9.18 Å². The Labute approximate surface area is 61.7 Å². The van der Waals surface area contributed by atoms with Crippen LogP contribution >= 0.6 is 0 Å². The first-order valence-electron chi connectivity index (χ1n) is 2.83. The van der Waals surface area contributed by atoms with Crippen LogP contribution in [0.15, 0.2) is 0 Å². The monoisotopic (exact) mass is 168 g/mol. The smallest absolute Gasteiger partial charge is 0.229 e. The van der Waals surface area contributed by atoms with Crippen molar-refractivity contribution in [1.29, 1.82) is 0 Å². The maximum atomic E-state index is 11.7. The van der Waals surface area contributed by atoms with Crippen LogP contribution in [0, 0.1) is 0 Å². The topological polar surface area (TPSA) is 98.0 Å². The molecule has 0 amide bonds. The van der Waals surface area contributed by atoms with Crippen molar-refractivity contribution in [3.8, 4) is 0 Å². The third-order valence-electron chi connectivity index (χ3n) is 1.05. The van der Waals surface area contributed by atoms with E-state index in [1.165, 1.54) is 0 Å². The molecule has 0 saturated heterocycles. The maximum Gasteiger partial charge on any atom is 0.229 e. The lowest BCUT2D eigenvalue weighted by Crippen LogP contribution is -2.40. The predicted octanol–water partition coefficient (Wildman–Crippen LogP) is -2.44. The van der Waals surface area contributed by atoms with Crippen molar-refractivity contribution >= 4 is 5.78 Å². The Morgan fingerprint density at radius 3 is 2.09 bits per heavy atom. The van der Waals surface area contributed by atoms with Crippen LogP contribution in [0.2, 0.25) is 0 Å². The lowest BCUT2D eigenvalue weighted by Gasteiger charge is -2.12. The van der Waals surface area contributed by atoms with Gasteiger partial charge in [-0.2, -0.15) is 0 Å². The highest BCUT2D eigenvalue weighted by Crippen LogP contribution is 1.99. The first kappa shape index (κ1) is 10.4. The lowest BCUT2D eigenvalue weighted by molar-refractivity contribution is -0.151. The van der Waals surface area contributed by atoms with Crippen LogP contribution in [0.1, 0.15) is 0 Å². The summed E-state index contributed by atoms with van der Waals surface area (Å²) >= 11 is 0. The van der Waals surface area contributed by atoms with Crippen LogP contribution in [0.4, 0.5) is 4.39 Å². The Balaban J connectivity index is 4.02. The Morgan fingerprint density at radius 2 is 1.82 bits per heavy atom. The number of hydrogen-bond donors (Lipinski definition) is 4. The minimum atomic E-state index is -2.73. The van der Waals surface area contributed by atoms with Gasteiger partial charge in [0.2, 0.25) is 6.36 Å². The SMILES string of the molecule is O=C([C@H](O)CO)[C@H](O)C(O)F. The molecule has 0 bridgehead atoms. The molecule has 0 aromatic carbocycles. The largest absolute Gasteiger partial charge is 0.393 e. The molecular weight excluding hydrogens is 159 g/mol. The van der Waals surface area contributed by atoms with Crippen LogP contribution in [0.25, 0.3) is 0 Å². The first-order chi connectivity index (χ1) is 5.00. The van der Waals surface area contributed by atoms with Crippen LogP contribution in [0.3, 0.4) is 0 Å². The molecule has 0 aliphatic heterocycles. The van der Waals surface area contributed by atoms with Gasteiger partial charge in [0.05, 0.1) is 6.61 Å². The Hall–Kier alpha value is -0.560. The molecule has 11 heavy (non-hydrogen) atoms. The summed E-state index contributed by atoms with van der Waals surface area (Å²) < 4.78 is 11.7. The van der Waals surface area contributed by atoms with E-state index in [4.69, 9.17) is 20.4 Å². The van der Waals surface area contributed by atoms with E-state index in [0.29, 0.717) is 0 Å². The number of hydrogen-bond acceptors (Lipinski definition) is 5. The van der Waals surface area contributed by atoms with Gasteiger partial charge in [0.25, 0.3) is 0 Å². The van der Waals surface area contributed by atoms with Crippen LogP contribution in [-0.2, 0) is 4.79 Å². The summed E-state index contributed by atoms with van der Waals surface area (Å²) in [5.74, 6) is -1.34. The van der Waals surface area contributed by atoms with Crippen molar-refractivity contribution < 1.29 is 29.6 Å². The molecule has 5 nitrogen and oxygen atoms in total. The molecule has 0 aromatic heterocycles. The lowest BCUT2D eigenvalue weighted by atomic mass is 10.1. The standard InChI is InChI=1S/C5H9FO5/c6-5(11)4(10)3(9)2(8)1-7/h2,4-5,7-8,10-11H,1H2/t2-,4+,5?/m1/s1. The van der Waals surface area contributed by atoms with Gasteiger partial charge in [-0.25, -0.2) is 4.39 Å². The highest BCUT2D eigenvalue weighted by molar-refractivity contribution is 5.87. The summed E-state index contributed by atoms with van der Waals surface area (Å²) in [4.78, 5) is 10.5. The van der Waals surface area contributed by atoms with Crippen molar-refractivity contribution in [1.82, 2.24) is 0 Å². The summed E-state index contributed by atoms with van der Waals surface area (Å²) in [5, 5.41) is 33.1. The maximum absolute atomic E-state index is 11.7. The summed E-state index contributed by atoms with van der Waals surface area (Å²) in [6, 6.07) is 0. The number of aliphatic hydroxyl groups excluding tert-OH is 4. The molecule has 0 rings (SSSR count). The zero-order valence-corrected chi connectivity index (χ0v) is 5.51. The van der Waals surface area contributed by atoms with Crippen molar-refractivity contribution in [3.63, 3.8) is 0 Å². The van der Waals surface area contributed by atoms with Gasteiger partial charge in [0.1, 0.15) is 6.10 Å². The molecule has 3 atom stereocenters. The van der Waals surface area contributed by atoms with Crippen molar-refractivity contribution in [2.75, 3.05) is 6.61 Å². The fourth-order valence-corrected chi connectivity index (χ4v) is 0.423. The normalized spacial score (nSPS) is 19.0. The molecule has 1 unspecified atom stereocenters. The Kier molecular flexibility index (Phi) is 4.12. The fraction of sp³-hybridized carbons (Fsp3) is 0.800. The number of alkyl halides is 1. The van der Waals surface area contributed by atoms with Crippen LogP contribution < -0.4 is 0 Å². The van der Waals surface area contributed by atoms with Gasteiger partial charge >= 0.3 is 0 Å². The number of Topliss-reactive ketones (excluding diaryl/α,β-unsaturated/α-hetero) is 1. The molecule has 0 saturated carbocycles. The number of rotatable bonds is 4. The Bertz CT molecular complexity index is 137. The van der Waals surface area contributed by atoms with E-state index in [0.717, 1.165) is 0 Å². The number of carbonyl (C=O) groups is 1.